The van der Waals surface area contributed by atoms with Crippen LogP contribution in [-0.4, -0.2) is 20.6 Å². The molecule has 5 nitrogen and oxygen atoms in total. The smallest absolute Gasteiger partial charge is 0.339 e. The lowest BCUT2D eigenvalue weighted by Gasteiger charge is -2.09. The van der Waals surface area contributed by atoms with Crippen molar-refractivity contribution in [3.63, 3.8) is 0 Å². The SMILES string of the molecule is O=C(O)c1cccnc1-n1ccc2cc(OCc3ccccc3)ccc21. The molecule has 26 heavy (non-hydrogen) atoms. The number of benzene rings is 2. The van der Waals surface area contributed by atoms with Gasteiger partial charge in [0.2, 0.25) is 0 Å². The molecule has 0 amide bonds. The summed E-state index contributed by atoms with van der Waals surface area (Å²) in [6.07, 6.45) is 3.41. The molecule has 0 aliphatic heterocycles. The first kappa shape index (κ1) is 15.9. The fourth-order valence-corrected chi connectivity index (χ4v) is 2.89. The lowest BCUT2D eigenvalue weighted by molar-refractivity contribution is 0.0696. The van der Waals surface area contributed by atoms with E-state index < -0.39 is 5.97 Å². The summed E-state index contributed by atoms with van der Waals surface area (Å²) >= 11 is 0. The minimum atomic E-state index is -1.00. The van der Waals surface area contributed by atoms with Crippen LogP contribution in [-0.2, 0) is 6.61 Å². The molecule has 0 fully saturated rings. The monoisotopic (exact) mass is 344 g/mol. The topological polar surface area (TPSA) is 64.3 Å². The van der Waals surface area contributed by atoms with Crippen molar-refractivity contribution in [3.05, 3.63) is 90.3 Å². The molecule has 0 unspecified atom stereocenters. The van der Waals surface area contributed by atoms with Crippen molar-refractivity contribution in [2.75, 3.05) is 0 Å². The summed E-state index contributed by atoms with van der Waals surface area (Å²) in [4.78, 5) is 15.7. The normalized spacial score (nSPS) is 10.8. The van der Waals surface area contributed by atoms with Gasteiger partial charge in [0.25, 0.3) is 0 Å². The van der Waals surface area contributed by atoms with Crippen LogP contribution in [0.2, 0.25) is 0 Å². The quantitative estimate of drug-likeness (QED) is 0.586. The zero-order valence-electron chi connectivity index (χ0n) is 13.9. The summed E-state index contributed by atoms with van der Waals surface area (Å²) in [7, 11) is 0. The van der Waals surface area contributed by atoms with E-state index in [0.717, 1.165) is 22.2 Å². The molecule has 4 aromatic rings. The maximum absolute atomic E-state index is 11.5. The Morgan fingerprint density at radius 1 is 1.04 bits per heavy atom. The van der Waals surface area contributed by atoms with Gasteiger partial charge in [-0.25, -0.2) is 9.78 Å². The Balaban J connectivity index is 1.65. The molecule has 0 saturated carbocycles. The van der Waals surface area contributed by atoms with Crippen LogP contribution < -0.4 is 4.74 Å². The standard InChI is InChI=1S/C21H16N2O3/c24-21(25)18-7-4-11-22-20(18)23-12-10-16-13-17(8-9-19(16)23)26-14-15-5-2-1-3-6-15/h1-13H,14H2,(H,24,25). The molecule has 2 aromatic heterocycles. The highest BCUT2D eigenvalue weighted by Crippen LogP contribution is 2.26. The predicted molar refractivity (Wildman–Crippen MR) is 98.8 cm³/mol. The fraction of sp³-hybridized carbons (Fsp3) is 0.0476. The molecular weight excluding hydrogens is 328 g/mol. The van der Waals surface area contributed by atoms with Crippen LogP contribution in [0.5, 0.6) is 5.75 Å². The van der Waals surface area contributed by atoms with Crippen molar-refractivity contribution in [2.24, 2.45) is 0 Å². The first-order valence-electron chi connectivity index (χ1n) is 8.19. The third-order valence-corrected chi connectivity index (χ3v) is 4.16. The molecule has 4 rings (SSSR count). The van der Waals surface area contributed by atoms with E-state index in [0.29, 0.717) is 12.4 Å². The first-order chi connectivity index (χ1) is 12.7. The zero-order chi connectivity index (χ0) is 17.9. The molecule has 2 heterocycles. The van der Waals surface area contributed by atoms with Gasteiger partial charge in [0.05, 0.1) is 5.52 Å². The van der Waals surface area contributed by atoms with Gasteiger partial charge in [-0.2, -0.15) is 0 Å². The van der Waals surface area contributed by atoms with Crippen LogP contribution in [0.15, 0.2) is 79.1 Å². The summed E-state index contributed by atoms with van der Waals surface area (Å²) in [5, 5.41) is 10.3. The molecule has 1 N–H and O–H groups in total. The lowest BCUT2D eigenvalue weighted by Crippen LogP contribution is -2.06. The highest BCUT2D eigenvalue weighted by Gasteiger charge is 2.14. The molecule has 0 aliphatic rings. The van der Waals surface area contributed by atoms with Gasteiger partial charge in [0, 0.05) is 17.8 Å². The molecule has 2 aromatic carbocycles. The number of fused-ring (bicyclic) bond motifs is 1. The Morgan fingerprint density at radius 3 is 2.69 bits per heavy atom. The van der Waals surface area contributed by atoms with E-state index in [9.17, 15) is 9.90 Å². The van der Waals surface area contributed by atoms with Gasteiger partial charge in [-0.3, -0.25) is 0 Å². The number of ether oxygens (including phenoxy) is 1. The molecule has 0 spiro atoms. The van der Waals surface area contributed by atoms with Crippen LogP contribution in [0, 0.1) is 0 Å². The van der Waals surface area contributed by atoms with Crippen molar-refractivity contribution in [1.82, 2.24) is 9.55 Å². The van der Waals surface area contributed by atoms with E-state index in [-0.39, 0.29) is 5.56 Å². The van der Waals surface area contributed by atoms with Crippen molar-refractivity contribution in [3.8, 4) is 11.6 Å². The van der Waals surface area contributed by atoms with E-state index in [4.69, 9.17) is 4.74 Å². The molecule has 128 valence electrons. The van der Waals surface area contributed by atoms with E-state index >= 15 is 0 Å². The van der Waals surface area contributed by atoms with Crippen LogP contribution >= 0.6 is 0 Å². The highest BCUT2D eigenvalue weighted by atomic mass is 16.5. The maximum atomic E-state index is 11.5. The summed E-state index contributed by atoms with van der Waals surface area (Å²) < 4.78 is 7.64. The van der Waals surface area contributed by atoms with Gasteiger partial charge < -0.3 is 14.4 Å². The number of pyridine rings is 1. The summed E-state index contributed by atoms with van der Waals surface area (Å²) in [6, 6.07) is 20.8. The van der Waals surface area contributed by atoms with Gasteiger partial charge in [-0.1, -0.05) is 30.3 Å². The van der Waals surface area contributed by atoms with Gasteiger partial charge >= 0.3 is 5.97 Å². The van der Waals surface area contributed by atoms with Crippen LogP contribution in [0.1, 0.15) is 15.9 Å². The molecule has 0 aliphatic carbocycles. The van der Waals surface area contributed by atoms with E-state index in [1.54, 1.807) is 22.9 Å². The summed E-state index contributed by atoms with van der Waals surface area (Å²) in [6.45, 7) is 0.496. The lowest BCUT2D eigenvalue weighted by atomic mass is 10.2. The van der Waals surface area contributed by atoms with Crippen LogP contribution in [0.3, 0.4) is 0 Å². The van der Waals surface area contributed by atoms with E-state index in [2.05, 4.69) is 4.98 Å². The second-order valence-corrected chi connectivity index (χ2v) is 5.86. The summed E-state index contributed by atoms with van der Waals surface area (Å²) in [5.41, 5.74) is 2.14. The Hall–Kier alpha value is -3.60. The largest absolute Gasteiger partial charge is 0.489 e. The van der Waals surface area contributed by atoms with Crippen molar-refractivity contribution >= 4 is 16.9 Å². The fourth-order valence-electron chi connectivity index (χ4n) is 2.89. The molecule has 0 radical (unpaired) electrons. The minimum Gasteiger partial charge on any atom is -0.489 e. The number of carboxylic acids is 1. The third kappa shape index (κ3) is 3.02. The Bertz CT molecular complexity index is 1070. The van der Waals surface area contributed by atoms with Gasteiger partial charge in [-0.05, 0) is 42.0 Å². The Morgan fingerprint density at radius 2 is 1.88 bits per heavy atom. The van der Waals surface area contributed by atoms with Gasteiger partial charge in [-0.15, -0.1) is 0 Å². The average Bonchev–Trinajstić information content (AvgIpc) is 3.10. The van der Waals surface area contributed by atoms with Gasteiger partial charge in [0.1, 0.15) is 17.9 Å². The van der Waals surface area contributed by atoms with Crippen molar-refractivity contribution in [2.45, 2.75) is 6.61 Å². The number of hydrogen-bond donors (Lipinski definition) is 1. The second kappa shape index (κ2) is 6.72. The first-order valence-corrected chi connectivity index (χ1v) is 8.19. The predicted octanol–water partition coefficient (Wildman–Crippen LogP) is 4.30. The molecule has 0 saturated heterocycles. The second-order valence-electron chi connectivity index (χ2n) is 5.86. The Labute approximate surface area is 150 Å². The van der Waals surface area contributed by atoms with E-state index in [1.165, 1.54) is 0 Å². The average molecular weight is 344 g/mol. The summed E-state index contributed by atoms with van der Waals surface area (Å²) in [5.74, 6) is 0.157. The number of hydrogen-bond acceptors (Lipinski definition) is 3. The van der Waals surface area contributed by atoms with Crippen molar-refractivity contribution < 1.29 is 14.6 Å². The number of rotatable bonds is 5. The zero-order valence-corrected chi connectivity index (χ0v) is 13.9. The molecular formula is C21H16N2O3. The van der Waals surface area contributed by atoms with E-state index in [1.807, 2.05) is 60.8 Å². The number of nitrogens with zero attached hydrogens (tertiary/aromatic N) is 2. The minimum absolute atomic E-state index is 0.161. The van der Waals surface area contributed by atoms with Crippen LogP contribution in [0.25, 0.3) is 16.7 Å². The van der Waals surface area contributed by atoms with Crippen molar-refractivity contribution in [1.29, 1.82) is 0 Å². The van der Waals surface area contributed by atoms with Gasteiger partial charge in [0.15, 0.2) is 5.82 Å². The molecule has 0 bridgehead atoms. The highest BCUT2D eigenvalue weighted by molar-refractivity contribution is 5.92. The Kier molecular flexibility index (Phi) is 4.11. The number of aromatic carboxylic acids is 1. The number of carboxylic acid groups (broad SMARTS) is 1. The molecule has 0 atom stereocenters. The molecule has 5 heteroatoms. The number of aromatic nitrogens is 2. The van der Waals surface area contributed by atoms with Crippen LogP contribution in [0.4, 0.5) is 0 Å². The number of carbonyl (C=O) groups is 1. The third-order valence-electron chi connectivity index (χ3n) is 4.16. The maximum Gasteiger partial charge on any atom is 0.339 e.